The molecule has 0 aliphatic carbocycles. The van der Waals surface area contributed by atoms with Gasteiger partial charge in [0.2, 0.25) is 5.91 Å². The Hall–Kier alpha value is -1.65. The summed E-state index contributed by atoms with van der Waals surface area (Å²) < 4.78 is 41.1. The van der Waals surface area contributed by atoms with Crippen LogP contribution in [-0.4, -0.2) is 23.9 Å². The van der Waals surface area contributed by atoms with Gasteiger partial charge in [0.15, 0.2) is 1.41 Å². The average Bonchev–Trinajstić information content (AvgIpc) is 3.03. The molecule has 1 fully saturated rings. The summed E-state index contributed by atoms with van der Waals surface area (Å²) in [6.45, 7) is -0.324. The number of hydrogen-bond donors (Lipinski definition) is 1. The Kier molecular flexibility index (Phi) is 1.88. The molecular weight excluding hydrogens is 268 g/mol. The van der Waals surface area contributed by atoms with E-state index in [-0.39, 0.29) is 17.1 Å². The third-order valence-electron chi connectivity index (χ3n) is 3.68. The Morgan fingerprint density at radius 1 is 1.55 bits per heavy atom. The average molecular weight is 289 g/mol. The maximum Gasteiger partial charge on any atom is 0.229 e. The van der Waals surface area contributed by atoms with Gasteiger partial charge in [-0.15, -0.1) is 11.3 Å². The van der Waals surface area contributed by atoms with E-state index in [1.807, 2.05) is 30.3 Å². The molecular formula is C16H16N2OS. The third-order valence-corrected chi connectivity index (χ3v) is 4.59. The first-order valence-electron chi connectivity index (χ1n) is 9.01. The number of nitrogens with zero attached hydrogens (tertiary/aromatic N) is 1. The van der Waals surface area contributed by atoms with E-state index in [2.05, 4.69) is 0 Å². The van der Waals surface area contributed by atoms with Crippen molar-refractivity contribution in [1.82, 2.24) is 4.90 Å². The van der Waals surface area contributed by atoms with E-state index in [1.165, 1.54) is 0 Å². The summed E-state index contributed by atoms with van der Waals surface area (Å²) >= 11 is 1.04. The highest BCUT2D eigenvalue weighted by Gasteiger charge is 2.43. The van der Waals surface area contributed by atoms with E-state index < -0.39 is 24.2 Å². The molecule has 20 heavy (non-hydrogen) atoms. The summed E-state index contributed by atoms with van der Waals surface area (Å²) in [4.78, 5) is 15.0. The topological polar surface area (TPSA) is 32.3 Å². The van der Waals surface area contributed by atoms with Gasteiger partial charge in [0, 0.05) is 33.1 Å². The van der Waals surface area contributed by atoms with Gasteiger partial charge in [0.05, 0.1) is 14.3 Å². The molecule has 4 heteroatoms. The first-order valence-corrected chi connectivity index (χ1v) is 7.31. The molecule has 1 unspecified atom stereocenters. The lowest BCUT2D eigenvalue weighted by atomic mass is 9.90. The Balaban J connectivity index is 1.76. The van der Waals surface area contributed by atoms with E-state index in [0.717, 1.165) is 16.9 Å². The van der Waals surface area contributed by atoms with Crippen LogP contribution in [0.1, 0.15) is 21.8 Å². The molecule has 0 radical (unpaired) electrons. The molecule has 1 saturated heterocycles. The van der Waals surface area contributed by atoms with Crippen LogP contribution in [0.3, 0.4) is 0 Å². The molecule has 2 aliphatic rings. The van der Waals surface area contributed by atoms with Crippen molar-refractivity contribution >= 4 is 22.9 Å². The minimum Gasteiger partial charge on any atom is -0.325 e. The number of hydrogen-bond acceptors (Lipinski definition) is 3. The zero-order valence-electron chi connectivity index (χ0n) is 15.7. The van der Waals surface area contributed by atoms with Gasteiger partial charge >= 0.3 is 0 Å². The molecule has 1 amide bonds. The number of likely N-dealkylation sites (tertiary alicyclic amines) is 1. The third kappa shape index (κ3) is 1.96. The molecule has 2 aromatic rings. The summed E-state index contributed by atoms with van der Waals surface area (Å²) in [6, 6.07) is 9.44. The molecule has 3 atom stereocenters. The van der Waals surface area contributed by atoms with Gasteiger partial charge < -0.3 is 5.31 Å². The smallest absolute Gasteiger partial charge is 0.229 e. The van der Waals surface area contributed by atoms with Crippen molar-refractivity contribution in [2.45, 2.75) is 12.5 Å². The normalized spacial score (nSPS) is 36.5. The molecule has 1 aromatic heterocycles. The van der Waals surface area contributed by atoms with Crippen molar-refractivity contribution in [3.05, 3.63) is 52.2 Å². The second-order valence-corrected chi connectivity index (χ2v) is 5.86. The zero-order chi connectivity index (χ0) is 17.9. The number of thiophene rings is 1. The van der Waals surface area contributed by atoms with E-state index >= 15 is 0 Å². The Bertz CT molecular complexity index is 845. The largest absolute Gasteiger partial charge is 0.325 e. The van der Waals surface area contributed by atoms with Crippen molar-refractivity contribution in [2.75, 3.05) is 18.4 Å². The fourth-order valence-electron chi connectivity index (χ4n) is 2.75. The van der Waals surface area contributed by atoms with Crippen LogP contribution in [0, 0.1) is 5.89 Å². The highest BCUT2D eigenvalue weighted by Crippen LogP contribution is 2.43. The SMILES string of the molecule is [2H]c1sc2c(c1[2H])N([2H])C(=O)[C@@]1([2H])C([2H])N(Cc3ccccc3)C[C@H]21. The Morgan fingerprint density at radius 2 is 2.40 bits per heavy atom. The summed E-state index contributed by atoms with van der Waals surface area (Å²) in [5.74, 6) is -3.16. The maximum atomic E-state index is 12.7. The molecule has 0 saturated carbocycles. The van der Waals surface area contributed by atoms with Crippen molar-refractivity contribution in [3.8, 4) is 0 Å². The Morgan fingerprint density at radius 3 is 3.25 bits per heavy atom. The fourth-order valence-corrected chi connectivity index (χ4v) is 3.55. The van der Waals surface area contributed by atoms with Crippen LogP contribution in [0.25, 0.3) is 0 Å². The number of rotatable bonds is 2. The molecule has 3 nitrogen and oxygen atoms in total. The lowest BCUT2D eigenvalue weighted by molar-refractivity contribution is -0.120. The van der Waals surface area contributed by atoms with Crippen LogP contribution in [0.4, 0.5) is 5.69 Å². The van der Waals surface area contributed by atoms with E-state index in [9.17, 15) is 4.79 Å². The maximum absolute atomic E-state index is 12.7. The van der Waals surface area contributed by atoms with Crippen LogP contribution < -0.4 is 5.31 Å². The van der Waals surface area contributed by atoms with Crippen molar-refractivity contribution in [3.63, 3.8) is 0 Å². The molecule has 4 rings (SSSR count). The van der Waals surface area contributed by atoms with Gasteiger partial charge in [-0.2, -0.15) is 0 Å². The number of amides is 1. The summed E-state index contributed by atoms with van der Waals surface area (Å²) in [7, 11) is 0. The van der Waals surface area contributed by atoms with E-state index in [0.29, 0.717) is 23.3 Å². The molecule has 2 aliphatic heterocycles. The van der Waals surface area contributed by atoms with Gasteiger partial charge in [0.25, 0.3) is 0 Å². The molecule has 102 valence electrons. The zero-order valence-corrected chi connectivity index (χ0v) is 11.5. The van der Waals surface area contributed by atoms with E-state index in [1.54, 1.807) is 4.90 Å². The van der Waals surface area contributed by atoms with E-state index in [4.69, 9.17) is 6.89 Å². The van der Waals surface area contributed by atoms with Gasteiger partial charge in [-0.25, -0.2) is 0 Å². The van der Waals surface area contributed by atoms with Gasteiger partial charge in [0.1, 0.15) is 0 Å². The summed E-state index contributed by atoms with van der Waals surface area (Å²) in [5.41, 5.74) is 1.10. The number of benzene rings is 1. The number of fused-ring (bicyclic) bond motifs is 3. The summed E-state index contributed by atoms with van der Waals surface area (Å²) in [5, 5.41) is 0.547. The monoisotopic (exact) mass is 289 g/mol. The Labute approximate surface area is 129 Å². The number of anilines is 1. The second-order valence-electron chi connectivity index (χ2n) is 5.01. The standard InChI is InChI=1S/C16H16N2OS/c19-16-13-10-18(8-11-4-2-1-3-5-11)9-12(13)15-14(17-16)6-7-20-15/h1-7,12-13H,8-10H2,(H,17,19)/t12-,13-/m0/s1/i6D,7D,10D,13D/hD/t10?,12-,13-. The number of carbonyl (C=O) groups is 1. The lowest BCUT2D eigenvalue weighted by Gasteiger charge is -2.23. The quantitative estimate of drug-likeness (QED) is 0.922. The van der Waals surface area contributed by atoms with Crippen molar-refractivity contribution in [1.29, 1.82) is 0 Å². The second kappa shape index (κ2) is 4.72. The van der Waals surface area contributed by atoms with Crippen LogP contribution >= 0.6 is 11.3 Å². The molecule has 1 aromatic carbocycles. The predicted molar refractivity (Wildman–Crippen MR) is 80.9 cm³/mol. The fraction of sp³-hybridized carbons (Fsp3) is 0.312. The highest BCUT2D eigenvalue weighted by atomic mass is 32.1. The van der Waals surface area contributed by atoms with Gasteiger partial charge in [-0.05, 0) is 17.0 Å². The number of nitrogens with one attached hydrogen (secondary N) is 1. The molecule has 0 bridgehead atoms. The minimum absolute atomic E-state index is 0.0117. The van der Waals surface area contributed by atoms with Crippen molar-refractivity contribution < 1.29 is 11.7 Å². The predicted octanol–water partition coefficient (Wildman–Crippen LogP) is 2.92. The lowest BCUT2D eigenvalue weighted by Crippen LogP contribution is -2.32. The van der Waals surface area contributed by atoms with Crippen LogP contribution in [0.15, 0.2) is 41.7 Å². The molecule has 3 heterocycles. The van der Waals surface area contributed by atoms with Gasteiger partial charge in [-0.3, -0.25) is 9.69 Å². The van der Waals surface area contributed by atoms with Crippen LogP contribution in [0.2, 0.25) is 1.41 Å². The van der Waals surface area contributed by atoms with Crippen molar-refractivity contribution in [2.24, 2.45) is 5.89 Å². The highest BCUT2D eigenvalue weighted by molar-refractivity contribution is 7.10. The van der Waals surface area contributed by atoms with Crippen LogP contribution in [0.5, 0.6) is 0 Å². The minimum atomic E-state index is -1.78. The number of carbonyl (C=O) groups excluding carboxylic acids is 1. The first-order chi connectivity index (χ1) is 11.9. The first kappa shape index (κ1) is 7.96. The summed E-state index contributed by atoms with van der Waals surface area (Å²) in [6.07, 6.45) is 0. The molecule has 0 spiro atoms. The van der Waals surface area contributed by atoms with Crippen LogP contribution in [-0.2, 0) is 11.3 Å². The van der Waals surface area contributed by atoms with Gasteiger partial charge in [-0.1, -0.05) is 30.3 Å². The molecule has 1 N–H and O–H groups in total.